The molecule has 0 saturated carbocycles. The van der Waals surface area contributed by atoms with Crippen LogP contribution in [-0.4, -0.2) is 19.3 Å². The first-order chi connectivity index (χ1) is 11.2. The van der Waals surface area contributed by atoms with Crippen LogP contribution >= 0.6 is 0 Å². The topological polar surface area (TPSA) is 17.1 Å². The van der Waals surface area contributed by atoms with E-state index in [1.54, 1.807) is 6.92 Å². The summed E-state index contributed by atoms with van der Waals surface area (Å²) in [6, 6.07) is 31.7. The van der Waals surface area contributed by atoms with Gasteiger partial charge in [-0.2, -0.15) is 0 Å². The third kappa shape index (κ3) is 3.81. The molecule has 0 aliphatic heterocycles. The van der Waals surface area contributed by atoms with Gasteiger partial charge in [-0.25, -0.2) is 0 Å². The molecule has 3 aromatic carbocycles. The molecule has 0 fully saturated rings. The Bertz CT molecular complexity index is 676. The van der Waals surface area contributed by atoms with Crippen molar-refractivity contribution >= 4 is 32.4 Å². The molecule has 0 aliphatic carbocycles. The van der Waals surface area contributed by atoms with Crippen molar-refractivity contribution in [1.82, 2.24) is 0 Å². The largest absolute Gasteiger partial charge is 1.00 e. The Labute approximate surface area is 163 Å². The zero-order valence-corrected chi connectivity index (χ0v) is 17.6. The zero-order chi connectivity index (χ0) is 16.1. The standard InChI is InChI=1S/C21H20AsO.HI/c1-18(23)17-22(19-11-5-2-6-12-19,20-13-7-3-8-14-20)21-15-9-4-10-16-21;/h2-16H,17H2,1H3;1H/q+1;/p-1. The van der Waals surface area contributed by atoms with E-state index in [0.29, 0.717) is 5.21 Å². The summed E-state index contributed by atoms with van der Waals surface area (Å²) in [7, 11) is 0. The van der Waals surface area contributed by atoms with Gasteiger partial charge in [-0.05, 0) is 0 Å². The predicted octanol–water partition coefficient (Wildman–Crippen LogP) is -0.250. The first-order valence-electron chi connectivity index (χ1n) is 7.78. The zero-order valence-electron chi connectivity index (χ0n) is 13.6. The fourth-order valence-electron chi connectivity index (χ4n) is 3.10. The van der Waals surface area contributed by atoms with E-state index in [-0.39, 0.29) is 29.8 Å². The Morgan fingerprint density at radius 2 is 0.958 bits per heavy atom. The molecule has 0 radical (unpaired) electrons. The molecule has 3 aromatic rings. The van der Waals surface area contributed by atoms with Gasteiger partial charge < -0.3 is 24.0 Å². The van der Waals surface area contributed by atoms with Crippen molar-refractivity contribution in [3.05, 3.63) is 91.0 Å². The second-order valence-electron chi connectivity index (χ2n) is 5.68. The summed E-state index contributed by atoms with van der Waals surface area (Å²) in [6.07, 6.45) is 0. The molecule has 0 heterocycles. The Morgan fingerprint density at radius 1 is 0.667 bits per heavy atom. The fourth-order valence-corrected chi connectivity index (χ4v) is 11.8. The summed E-state index contributed by atoms with van der Waals surface area (Å²) in [5.41, 5.74) is 0. The molecule has 0 atom stereocenters. The van der Waals surface area contributed by atoms with Gasteiger partial charge in [-0.3, -0.25) is 0 Å². The van der Waals surface area contributed by atoms with Crippen molar-refractivity contribution in [2.75, 3.05) is 0 Å². The van der Waals surface area contributed by atoms with Gasteiger partial charge >= 0.3 is 140 Å². The Morgan fingerprint density at radius 3 is 1.21 bits per heavy atom. The van der Waals surface area contributed by atoms with Crippen molar-refractivity contribution in [3.8, 4) is 0 Å². The second kappa shape index (κ2) is 8.64. The van der Waals surface area contributed by atoms with E-state index < -0.39 is 13.6 Å². The van der Waals surface area contributed by atoms with Crippen LogP contribution in [0.15, 0.2) is 91.0 Å². The van der Waals surface area contributed by atoms with Gasteiger partial charge in [0, 0.05) is 0 Å². The minimum Gasteiger partial charge on any atom is -1.00 e. The van der Waals surface area contributed by atoms with Gasteiger partial charge in [0.15, 0.2) is 0 Å². The minimum atomic E-state index is -2.78. The van der Waals surface area contributed by atoms with Crippen LogP contribution in [0.2, 0.25) is 5.21 Å². The molecule has 0 unspecified atom stereocenters. The van der Waals surface area contributed by atoms with Gasteiger partial charge in [-0.1, -0.05) is 0 Å². The normalized spacial score (nSPS) is 10.7. The predicted molar refractivity (Wildman–Crippen MR) is 99.5 cm³/mol. The van der Waals surface area contributed by atoms with Crippen LogP contribution < -0.4 is 37.0 Å². The average molecular weight is 490 g/mol. The van der Waals surface area contributed by atoms with Crippen molar-refractivity contribution in [2.45, 2.75) is 12.1 Å². The van der Waals surface area contributed by atoms with Crippen LogP contribution in [0.1, 0.15) is 6.92 Å². The maximum atomic E-state index is 12.2. The van der Waals surface area contributed by atoms with E-state index in [0.717, 1.165) is 0 Å². The number of benzene rings is 3. The summed E-state index contributed by atoms with van der Waals surface area (Å²) in [5, 5.41) is 0.621. The van der Waals surface area contributed by atoms with E-state index in [9.17, 15) is 4.79 Å². The molecule has 0 amide bonds. The summed E-state index contributed by atoms with van der Waals surface area (Å²) in [5.74, 6) is 0.258. The molecule has 122 valence electrons. The molecule has 1 nitrogen and oxygen atoms in total. The minimum absolute atomic E-state index is 0. The smallest absolute Gasteiger partial charge is 1.00 e. The van der Waals surface area contributed by atoms with Crippen molar-refractivity contribution in [1.29, 1.82) is 0 Å². The average Bonchev–Trinajstić information content (AvgIpc) is 2.62. The van der Waals surface area contributed by atoms with Crippen LogP contribution in [0.3, 0.4) is 0 Å². The van der Waals surface area contributed by atoms with Crippen molar-refractivity contribution in [2.24, 2.45) is 0 Å². The number of halogens is 1. The van der Waals surface area contributed by atoms with E-state index in [1.165, 1.54) is 13.1 Å². The first kappa shape index (κ1) is 18.9. The number of ketones is 1. The van der Waals surface area contributed by atoms with Crippen molar-refractivity contribution < 1.29 is 28.8 Å². The van der Waals surface area contributed by atoms with Crippen LogP contribution in [0, 0.1) is 0 Å². The molecule has 0 spiro atoms. The monoisotopic (exact) mass is 490 g/mol. The van der Waals surface area contributed by atoms with E-state index in [4.69, 9.17) is 0 Å². The Balaban J connectivity index is 0.00000208. The van der Waals surface area contributed by atoms with Crippen LogP contribution in [0.25, 0.3) is 0 Å². The van der Waals surface area contributed by atoms with Gasteiger partial charge in [-0.15, -0.1) is 0 Å². The van der Waals surface area contributed by atoms with Crippen molar-refractivity contribution in [3.63, 3.8) is 0 Å². The number of Topliss-reactive ketones (excluding diaryl/α,β-unsaturated/α-hetero) is 1. The molecule has 24 heavy (non-hydrogen) atoms. The van der Waals surface area contributed by atoms with Gasteiger partial charge in [0.1, 0.15) is 0 Å². The molecule has 0 saturated heterocycles. The van der Waals surface area contributed by atoms with Gasteiger partial charge in [0.05, 0.1) is 0 Å². The molecular weight excluding hydrogens is 470 g/mol. The third-order valence-corrected chi connectivity index (χ3v) is 13.4. The van der Waals surface area contributed by atoms with Gasteiger partial charge in [0.2, 0.25) is 0 Å². The molecule has 3 heteroatoms. The number of carbonyl (C=O) groups excluding carboxylic acids is 1. The number of carbonyl (C=O) groups is 1. The fraction of sp³-hybridized carbons (Fsp3) is 0.0952. The quantitative estimate of drug-likeness (QED) is 0.357. The molecule has 0 bridgehead atoms. The Hall–Kier alpha value is -1.38. The SMILES string of the molecule is CC(=O)C[As+](c1ccccc1)(c1ccccc1)c1ccccc1.[I-]. The molecular formula is C21H20AsIO. The van der Waals surface area contributed by atoms with E-state index >= 15 is 0 Å². The number of rotatable bonds is 5. The summed E-state index contributed by atoms with van der Waals surface area (Å²) >= 11 is -2.78. The second-order valence-corrected chi connectivity index (χ2v) is 13.0. The summed E-state index contributed by atoms with van der Waals surface area (Å²) in [4.78, 5) is 12.2. The van der Waals surface area contributed by atoms with E-state index in [1.807, 2.05) is 18.2 Å². The van der Waals surface area contributed by atoms with E-state index in [2.05, 4.69) is 72.8 Å². The third-order valence-electron chi connectivity index (χ3n) is 4.05. The molecule has 0 aliphatic rings. The summed E-state index contributed by atoms with van der Waals surface area (Å²) < 4.78 is 3.95. The Kier molecular flexibility index (Phi) is 6.82. The molecule has 0 aromatic heterocycles. The summed E-state index contributed by atoms with van der Waals surface area (Å²) in [6.45, 7) is 1.71. The van der Waals surface area contributed by atoms with Crippen LogP contribution in [0.4, 0.5) is 0 Å². The van der Waals surface area contributed by atoms with Crippen LogP contribution in [0.5, 0.6) is 0 Å². The maximum absolute atomic E-state index is 12.2. The first-order valence-corrected chi connectivity index (χ1v) is 11.9. The van der Waals surface area contributed by atoms with Gasteiger partial charge in [0.25, 0.3) is 0 Å². The molecule has 3 rings (SSSR count). The maximum Gasteiger partial charge on any atom is -1.00 e. The molecule has 0 N–H and O–H groups in total. The number of hydrogen-bond acceptors (Lipinski definition) is 1. The van der Waals surface area contributed by atoms with Crippen LogP contribution in [-0.2, 0) is 4.79 Å². The number of hydrogen-bond donors (Lipinski definition) is 0.